The number of aromatic nitrogens is 2. The Bertz CT molecular complexity index is 774. The second-order valence-corrected chi connectivity index (χ2v) is 6.85. The summed E-state index contributed by atoms with van der Waals surface area (Å²) in [6.45, 7) is 4.23. The fourth-order valence-corrected chi connectivity index (χ4v) is 2.91. The van der Waals surface area contributed by atoms with Gasteiger partial charge in [-0.25, -0.2) is 19.0 Å². The Hall–Kier alpha value is -2.90. The van der Waals surface area contributed by atoms with Crippen molar-refractivity contribution in [2.75, 3.05) is 6.54 Å². The van der Waals surface area contributed by atoms with Gasteiger partial charge in [0.05, 0.1) is 6.33 Å². The molecule has 0 radical (unpaired) electrons. The second kappa shape index (κ2) is 9.16. The number of hydrogen-bond donors (Lipinski definition) is 2. The van der Waals surface area contributed by atoms with Gasteiger partial charge >= 0.3 is 12.1 Å². The molecule has 0 saturated heterocycles. The smallest absolute Gasteiger partial charge is 0.408 e. The topological polar surface area (TPSA) is 95.7 Å². The summed E-state index contributed by atoms with van der Waals surface area (Å²) >= 11 is 0. The Kier molecular flexibility index (Phi) is 6.92. The van der Waals surface area contributed by atoms with Crippen LogP contribution in [0.25, 0.3) is 0 Å². The van der Waals surface area contributed by atoms with Gasteiger partial charge in [-0.2, -0.15) is 0 Å². The van der Waals surface area contributed by atoms with E-state index in [-0.39, 0.29) is 24.7 Å². The minimum Gasteiger partial charge on any atom is -0.480 e. The lowest BCUT2D eigenvalue weighted by Gasteiger charge is -2.27. The monoisotopic (exact) mass is 377 g/mol. The van der Waals surface area contributed by atoms with Gasteiger partial charge in [0.1, 0.15) is 11.9 Å². The van der Waals surface area contributed by atoms with Gasteiger partial charge in [-0.15, -0.1) is 0 Å². The van der Waals surface area contributed by atoms with E-state index in [2.05, 4.69) is 4.98 Å². The third-order valence-corrected chi connectivity index (χ3v) is 4.28. The van der Waals surface area contributed by atoms with Crippen LogP contribution < -0.4 is 0 Å². The quantitative estimate of drug-likeness (QED) is 0.700. The fraction of sp³-hybridized carbons (Fsp3) is 0.421. The Morgan fingerprint density at radius 1 is 1.22 bits per heavy atom. The Morgan fingerprint density at radius 2 is 1.89 bits per heavy atom. The van der Waals surface area contributed by atoms with Crippen molar-refractivity contribution in [3.8, 4) is 0 Å². The van der Waals surface area contributed by atoms with Crippen LogP contribution in [0.4, 0.5) is 9.18 Å². The minimum atomic E-state index is -1.26. The zero-order chi connectivity index (χ0) is 20.0. The van der Waals surface area contributed by atoms with Crippen LogP contribution >= 0.6 is 0 Å². The molecule has 0 aliphatic heterocycles. The summed E-state index contributed by atoms with van der Waals surface area (Å²) in [6, 6.07) is 5.01. The Labute approximate surface area is 157 Å². The predicted molar refractivity (Wildman–Crippen MR) is 97.0 cm³/mol. The highest BCUT2D eigenvalue weighted by atomic mass is 19.1. The van der Waals surface area contributed by atoms with E-state index in [1.165, 1.54) is 12.1 Å². The summed E-state index contributed by atoms with van der Waals surface area (Å²) in [7, 11) is 0. The molecule has 0 saturated carbocycles. The number of halogens is 1. The summed E-state index contributed by atoms with van der Waals surface area (Å²) in [5, 5.41) is 18.9. The first kappa shape index (κ1) is 20.4. The van der Waals surface area contributed by atoms with Gasteiger partial charge in [0.15, 0.2) is 0 Å². The van der Waals surface area contributed by atoms with Crippen LogP contribution in [0.15, 0.2) is 36.8 Å². The fourth-order valence-electron chi connectivity index (χ4n) is 2.91. The van der Waals surface area contributed by atoms with Crippen molar-refractivity contribution >= 4 is 12.1 Å². The summed E-state index contributed by atoms with van der Waals surface area (Å²) in [5.74, 6) is -1.41. The van der Waals surface area contributed by atoms with E-state index in [4.69, 9.17) is 0 Å². The number of carboxylic acids is 1. The summed E-state index contributed by atoms with van der Waals surface area (Å²) in [4.78, 5) is 28.2. The SMILES string of the molecule is CC(C)CC(C(=O)O)N(CCc1cncn1Cc1ccc(F)cc1)C(=O)O. The van der Waals surface area contributed by atoms with Gasteiger partial charge in [0.25, 0.3) is 0 Å². The lowest BCUT2D eigenvalue weighted by molar-refractivity contribution is -0.143. The van der Waals surface area contributed by atoms with Crippen LogP contribution in [0.2, 0.25) is 0 Å². The lowest BCUT2D eigenvalue weighted by Crippen LogP contribution is -2.46. The normalized spacial score (nSPS) is 12.1. The highest BCUT2D eigenvalue weighted by molar-refractivity contribution is 5.79. The third-order valence-electron chi connectivity index (χ3n) is 4.28. The molecule has 1 aromatic heterocycles. The van der Waals surface area contributed by atoms with Crippen molar-refractivity contribution < 1.29 is 24.2 Å². The summed E-state index contributed by atoms with van der Waals surface area (Å²) < 4.78 is 14.9. The van der Waals surface area contributed by atoms with Crippen LogP contribution in [0.5, 0.6) is 0 Å². The molecule has 1 unspecified atom stereocenters. The molecule has 1 atom stereocenters. The second-order valence-electron chi connectivity index (χ2n) is 6.85. The van der Waals surface area contributed by atoms with E-state index in [0.29, 0.717) is 13.0 Å². The van der Waals surface area contributed by atoms with Gasteiger partial charge in [-0.3, -0.25) is 4.90 Å². The highest BCUT2D eigenvalue weighted by Crippen LogP contribution is 2.15. The molecule has 2 N–H and O–H groups in total. The first-order chi connectivity index (χ1) is 12.8. The van der Waals surface area contributed by atoms with E-state index >= 15 is 0 Å². The zero-order valence-corrected chi connectivity index (χ0v) is 15.4. The van der Waals surface area contributed by atoms with Gasteiger partial charge in [0, 0.05) is 31.4 Å². The molecule has 146 valence electrons. The van der Waals surface area contributed by atoms with Crippen LogP contribution in [-0.2, 0) is 17.8 Å². The standard InChI is InChI=1S/C19H24FN3O4/c1-13(2)9-17(18(24)25)23(19(26)27)8-7-16-10-21-12-22(16)11-14-3-5-15(20)6-4-14/h3-6,10,12-13,17H,7-9,11H2,1-2H3,(H,24,25)(H,26,27). The molecule has 7 nitrogen and oxygen atoms in total. The van der Waals surface area contributed by atoms with Gasteiger partial charge in [-0.05, 0) is 30.0 Å². The largest absolute Gasteiger partial charge is 0.480 e. The maximum absolute atomic E-state index is 13.0. The molecule has 1 heterocycles. The first-order valence-corrected chi connectivity index (χ1v) is 8.73. The van der Waals surface area contributed by atoms with Crippen molar-refractivity contribution in [2.45, 2.75) is 39.3 Å². The number of nitrogens with zero attached hydrogens (tertiary/aromatic N) is 3. The molecule has 8 heteroatoms. The third kappa shape index (κ3) is 5.80. The molecule has 1 aromatic carbocycles. The molecule has 0 aliphatic rings. The number of benzene rings is 1. The van der Waals surface area contributed by atoms with Crippen molar-refractivity contribution in [1.82, 2.24) is 14.5 Å². The summed E-state index contributed by atoms with van der Waals surface area (Å²) in [6.07, 6.45) is 2.56. The number of carbonyl (C=O) groups is 2. The predicted octanol–water partition coefficient (Wildman–Crippen LogP) is 3.09. The summed E-state index contributed by atoms with van der Waals surface area (Å²) in [5.41, 5.74) is 1.66. The van der Waals surface area contributed by atoms with E-state index in [1.807, 2.05) is 18.4 Å². The lowest BCUT2D eigenvalue weighted by atomic mass is 10.0. The number of carboxylic acid groups (broad SMARTS) is 2. The number of aliphatic carboxylic acids is 1. The van der Waals surface area contributed by atoms with E-state index in [0.717, 1.165) is 16.2 Å². The molecule has 0 bridgehead atoms. The molecule has 0 fully saturated rings. The first-order valence-electron chi connectivity index (χ1n) is 8.73. The Balaban J connectivity index is 2.09. The molecule has 1 amide bonds. The maximum atomic E-state index is 13.0. The Morgan fingerprint density at radius 3 is 2.44 bits per heavy atom. The van der Waals surface area contributed by atoms with Crippen LogP contribution in [0.1, 0.15) is 31.5 Å². The van der Waals surface area contributed by atoms with E-state index < -0.39 is 18.1 Å². The zero-order valence-electron chi connectivity index (χ0n) is 15.4. The van der Waals surface area contributed by atoms with Crippen LogP contribution in [-0.4, -0.2) is 49.3 Å². The average Bonchev–Trinajstić information content (AvgIpc) is 3.02. The van der Waals surface area contributed by atoms with Crippen molar-refractivity contribution in [1.29, 1.82) is 0 Å². The van der Waals surface area contributed by atoms with Gasteiger partial charge < -0.3 is 14.8 Å². The van der Waals surface area contributed by atoms with Crippen molar-refractivity contribution in [3.05, 3.63) is 53.9 Å². The van der Waals surface area contributed by atoms with E-state index in [1.54, 1.807) is 24.7 Å². The molecule has 27 heavy (non-hydrogen) atoms. The van der Waals surface area contributed by atoms with Crippen molar-refractivity contribution in [3.63, 3.8) is 0 Å². The molecule has 0 aliphatic carbocycles. The number of amides is 1. The molecular formula is C19H24FN3O4. The van der Waals surface area contributed by atoms with E-state index in [9.17, 15) is 24.2 Å². The molecule has 0 spiro atoms. The molecule has 2 aromatic rings. The highest BCUT2D eigenvalue weighted by Gasteiger charge is 2.30. The van der Waals surface area contributed by atoms with Crippen LogP contribution in [0.3, 0.4) is 0 Å². The number of hydrogen-bond acceptors (Lipinski definition) is 3. The number of rotatable bonds is 9. The van der Waals surface area contributed by atoms with Crippen molar-refractivity contribution in [2.24, 2.45) is 5.92 Å². The maximum Gasteiger partial charge on any atom is 0.408 e. The average molecular weight is 377 g/mol. The van der Waals surface area contributed by atoms with Gasteiger partial charge in [0.2, 0.25) is 0 Å². The van der Waals surface area contributed by atoms with Crippen LogP contribution in [0, 0.1) is 11.7 Å². The minimum absolute atomic E-state index is 0.0497. The number of imidazole rings is 1. The molecular weight excluding hydrogens is 353 g/mol. The molecule has 2 rings (SSSR count). The van der Waals surface area contributed by atoms with Gasteiger partial charge in [-0.1, -0.05) is 26.0 Å².